The van der Waals surface area contributed by atoms with Crippen molar-refractivity contribution in [3.63, 3.8) is 0 Å². The lowest BCUT2D eigenvalue weighted by Crippen LogP contribution is -2.32. The van der Waals surface area contributed by atoms with Gasteiger partial charge in [0.2, 0.25) is 0 Å². The number of nitrogens with zero attached hydrogens (tertiary/aromatic N) is 1. The van der Waals surface area contributed by atoms with E-state index in [1.165, 1.54) is 16.8 Å². The molecule has 4 aromatic rings. The highest BCUT2D eigenvalue weighted by molar-refractivity contribution is 6.06. The summed E-state index contributed by atoms with van der Waals surface area (Å²) in [5, 5.41) is 2.49. The number of hydrogen-bond acceptors (Lipinski definition) is 4. The Morgan fingerprint density at radius 3 is 2.54 bits per heavy atom. The van der Waals surface area contributed by atoms with E-state index < -0.39 is 0 Å². The number of aryl methyl sites for hydroxylation is 3. The Bertz CT molecular complexity index is 1300. The Morgan fingerprint density at radius 1 is 0.929 bits per heavy atom. The van der Waals surface area contributed by atoms with Crippen LogP contribution in [0.25, 0.3) is 21.7 Å². The van der Waals surface area contributed by atoms with Gasteiger partial charge in [0, 0.05) is 28.7 Å². The van der Waals surface area contributed by atoms with Crippen molar-refractivity contribution in [1.82, 2.24) is 0 Å². The molecule has 0 bridgehead atoms. The van der Waals surface area contributed by atoms with Gasteiger partial charge in [-0.05, 0) is 55.5 Å². The zero-order chi connectivity index (χ0) is 19.4. The van der Waals surface area contributed by atoms with E-state index >= 15 is 0 Å². The van der Waals surface area contributed by atoms with Gasteiger partial charge in [-0.3, -0.25) is 0 Å². The molecule has 0 amide bonds. The summed E-state index contributed by atoms with van der Waals surface area (Å²) in [7, 11) is 0. The van der Waals surface area contributed by atoms with Gasteiger partial charge in [-0.15, -0.1) is 0 Å². The molecule has 2 heterocycles. The van der Waals surface area contributed by atoms with Crippen LogP contribution < -0.4 is 15.3 Å². The number of anilines is 1. The molecule has 0 aliphatic carbocycles. The number of fused-ring (bicyclic) bond motifs is 4. The number of hydrogen-bond donors (Lipinski definition) is 0. The summed E-state index contributed by atoms with van der Waals surface area (Å²) in [5.74, 6) is 0.826. The molecule has 0 saturated heterocycles. The molecule has 140 valence electrons. The minimum Gasteiger partial charge on any atom is -0.472 e. The van der Waals surface area contributed by atoms with Crippen LogP contribution in [0.2, 0.25) is 0 Å². The monoisotopic (exact) mass is 371 g/mol. The van der Waals surface area contributed by atoms with Crippen molar-refractivity contribution < 1.29 is 9.15 Å². The first kappa shape index (κ1) is 16.9. The second-order valence-electron chi connectivity index (χ2n) is 7.56. The Kier molecular flexibility index (Phi) is 3.69. The summed E-state index contributed by atoms with van der Waals surface area (Å²) in [6, 6.07) is 16.2. The van der Waals surface area contributed by atoms with Crippen LogP contribution in [-0.4, -0.2) is 6.73 Å². The van der Waals surface area contributed by atoms with Crippen LogP contribution >= 0.6 is 0 Å². The quantitative estimate of drug-likeness (QED) is 0.339. The molecular formula is C24H21NO3. The molecule has 0 atom stereocenters. The maximum absolute atomic E-state index is 12.4. The average molecular weight is 371 g/mol. The summed E-state index contributed by atoms with van der Waals surface area (Å²) < 4.78 is 11.8. The van der Waals surface area contributed by atoms with Crippen LogP contribution in [0.1, 0.15) is 22.3 Å². The standard InChI is InChI=1S/C24H21NO3/c1-14-8-9-15(2)21(10-14)25-12-17-11-20-18-6-4-5-7-19(18)24(26)28-23(20)16(3)22(17)27-13-25/h4-11H,12-13H2,1-3H3. The highest BCUT2D eigenvalue weighted by Crippen LogP contribution is 2.38. The van der Waals surface area contributed by atoms with Gasteiger partial charge in [0.15, 0.2) is 6.73 Å². The molecule has 0 fully saturated rings. The van der Waals surface area contributed by atoms with Gasteiger partial charge < -0.3 is 14.1 Å². The maximum atomic E-state index is 12.4. The van der Waals surface area contributed by atoms with Crippen molar-refractivity contribution >= 4 is 27.4 Å². The molecule has 1 aliphatic heterocycles. The maximum Gasteiger partial charge on any atom is 0.344 e. The SMILES string of the molecule is Cc1ccc(C)c(N2COc3c(cc4c(oc(=O)c5ccccc54)c3C)C2)c1. The van der Waals surface area contributed by atoms with E-state index in [1.54, 1.807) is 0 Å². The summed E-state index contributed by atoms with van der Waals surface area (Å²) in [6.45, 7) is 7.42. The molecule has 28 heavy (non-hydrogen) atoms. The van der Waals surface area contributed by atoms with Crippen molar-refractivity contribution in [2.24, 2.45) is 0 Å². The van der Waals surface area contributed by atoms with Crippen molar-refractivity contribution in [2.75, 3.05) is 11.6 Å². The van der Waals surface area contributed by atoms with Gasteiger partial charge in [0.05, 0.1) is 5.39 Å². The fourth-order valence-corrected chi connectivity index (χ4v) is 4.15. The van der Waals surface area contributed by atoms with Gasteiger partial charge in [0.25, 0.3) is 0 Å². The second kappa shape index (κ2) is 6.13. The van der Waals surface area contributed by atoms with E-state index in [1.807, 2.05) is 31.2 Å². The van der Waals surface area contributed by atoms with Crippen molar-refractivity contribution in [3.05, 3.63) is 81.2 Å². The van der Waals surface area contributed by atoms with Gasteiger partial charge in [-0.25, -0.2) is 4.79 Å². The molecule has 0 unspecified atom stereocenters. The molecule has 1 aliphatic rings. The zero-order valence-electron chi connectivity index (χ0n) is 16.2. The van der Waals surface area contributed by atoms with E-state index in [0.717, 1.165) is 34.2 Å². The highest BCUT2D eigenvalue weighted by atomic mass is 16.5. The minimum absolute atomic E-state index is 0.307. The van der Waals surface area contributed by atoms with Crippen molar-refractivity contribution in [1.29, 1.82) is 0 Å². The molecule has 0 N–H and O–H groups in total. The van der Waals surface area contributed by atoms with E-state index in [2.05, 4.69) is 43.0 Å². The predicted octanol–water partition coefficient (Wildman–Crippen LogP) is 5.23. The highest BCUT2D eigenvalue weighted by Gasteiger charge is 2.24. The van der Waals surface area contributed by atoms with Crippen molar-refractivity contribution in [3.8, 4) is 5.75 Å². The van der Waals surface area contributed by atoms with Gasteiger partial charge >= 0.3 is 5.63 Å². The summed E-state index contributed by atoms with van der Waals surface area (Å²) in [4.78, 5) is 14.7. The third-order valence-corrected chi connectivity index (χ3v) is 5.60. The average Bonchev–Trinajstić information content (AvgIpc) is 2.71. The topological polar surface area (TPSA) is 42.7 Å². The fraction of sp³-hybridized carbons (Fsp3) is 0.208. The predicted molar refractivity (Wildman–Crippen MR) is 112 cm³/mol. The van der Waals surface area contributed by atoms with Crippen LogP contribution in [0.15, 0.2) is 57.7 Å². The fourth-order valence-electron chi connectivity index (χ4n) is 4.15. The van der Waals surface area contributed by atoms with Crippen LogP contribution in [0.3, 0.4) is 0 Å². The summed E-state index contributed by atoms with van der Waals surface area (Å²) in [5.41, 5.74) is 5.95. The van der Waals surface area contributed by atoms with Crippen LogP contribution in [0.4, 0.5) is 5.69 Å². The largest absolute Gasteiger partial charge is 0.472 e. The summed E-state index contributed by atoms with van der Waals surface area (Å²) in [6.07, 6.45) is 0. The third kappa shape index (κ3) is 2.48. The lowest BCUT2D eigenvalue weighted by molar-refractivity contribution is 0.287. The smallest absolute Gasteiger partial charge is 0.344 e. The zero-order valence-corrected chi connectivity index (χ0v) is 16.2. The van der Waals surface area contributed by atoms with E-state index in [0.29, 0.717) is 17.7 Å². The molecule has 0 saturated carbocycles. The van der Waals surface area contributed by atoms with E-state index in [-0.39, 0.29) is 5.63 Å². The Labute approximate surface area is 163 Å². The number of ether oxygens (including phenoxy) is 1. The first-order chi connectivity index (χ1) is 13.5. The molecule has 4 heteroatoms. The lowest BCUT2D eigenvalue weighted by Gasteiger charge is -2.33. The first-order valence-electron chi connectivity index (χ1n) is 9.46. The molecule has 5 rings (SSSR count). The Balaban J connectivity index is 1.71. The van der Waals surface area contributed by atoms with E-state index in [4.69, 9.17) is 9.15 Å². The van der Waals surface area contributed by atoms with Gasteiger partial charge in [-0.1, -0.05) is 30.3 Å². The van der Waals surface area contributed by atoms with Crippen molar-refractivity contribution in [2.45, 2.75) is 27.3 Å². The Hall–Kier alpha value is -3.27. The molecule has 3 aromatic carbocycles. The minimum atomic E-state index is -0.307. The number of benzene rings is 3. The summed E-state index contributed by atoms with van der Waals surface area (Å²) >= 11 is 0. The van der Waals surface area contributed by atoms with Crippen LogP contribution in [-0.2, 0) is 6.54 Å². The normalized spacial score (nSPS) is 13.6. The van der Waals surface area contributed by atoms with E-state index in [9.17, 15) is 4.79 Å². The molecule has 4 nitrogen and oxygen atoms in total. The molecule has 0 radical (unpaired) electrons. The molecule has 1 aromatic heterocycles. The first-order valence-corrected chi connectivity index (χ1v) is 9.46. The Morgan fingerprint density at radius 2 is 1.71 bits per heavy atom. The lowest BCUT2D eigenvalue weighted by atomic mass is 9.99. The molecule has 0 spiro atoms. The number of rotatable bonds is 1. The third-order valence-electron chi connectivity index (χ3n) is 5.60. The second-order valence-corrected chi connectivity index (χ2v) is 7.56. The van der Waals surface area contributed by atoms with Crippen LogP contribution in [0, 0.1) is 20.8 Å². The van der Waals surface area contributed by atoms with Gasteiger partial charge in [0.1, 0.15) is 11.3 Å². The molecular weight excluding hydrogens is 350 g/mol. The van der Waals surface area contributed by atoms with Crippen LogP contribution in [0.5, 0.6) is 5.75 Å². The van der Waals surface area contributed by atoms with Gasteiger partial charge in [-0.2, -0.15) is 0 Å².